The molecule has 0 aromatic rings. The molecule has 0 saturated carbocycles. The van der Waals surface area contributed by atoms with E-state index in [0.29, 0.717) is 26.0 Å². The smallest absolute Gasteiger partial charge is 0.224 e. The molecule has 0 aromatic carbocycles. The average Bonchev–Trinajstić information content (AvgIpc) is 2.49. The van der Waals surface area contributed by atoms with E-state index in [9.17, 15) is 9.59 Å². The van der Waals surface area contributed by atoms with E-state index < -0.39 is 0 Å². The number of morpholine rings is 1. The van der Waals surface area contributed by atoms with Crippen LogP contribution in [0.1, 0.15) is 32.1 Å². The van der Waals surface area contributed by atoms with Crippen LogP contribution in [0.25, 0.3) is 0 Å². The van der Waals surface area contributed by atoms with Gasteiger partial charge in [0.1, 0.15) is 0 Å². The minimum atomic E-state index is -0.0402. The van der Waals surface area contributed by atoms with E-state index in [1.165, 1.54) is 6.42 Å². The normalized spacial score (nSPS) is 22.3. The molecule has 2 rings (SSSR count). The fourth-order valence-electron chi connectivity index (χ4n) is 2.64. The third kappa shape index (κ3) is 6.63. The van der Waals surface area contributed by atoms with Crippen molar-refractivity contribution in [3.63, 3.8) is 0 Å². The molecule has 1 unspecified atom stereocenters. The highest BCUT2D eigenvalue weighted by atomic mass is 35.5. The first-order valence-electron chi connectivity index (χ1n) is 7.62. The lowest BCUT2D eigenvalue weighted by Gasteiger charge is -2.27. The Hall–Kier alpha value is -0.850. The summed E-state index contributed by atoms with van der Waals surface area (Å²) >= 11 is 0. The molecule has 0 spiro atoms. The zero-order valence-corrected chi connectivity index (χ0v) is 13.3. The van der Waals surface area contributed by atoms with Crippen molar-refractivity contribution >= 4 is 24.2 Å². The van der Waals surface area contributed by atoms with E-state index in [4.69, 9.17) is 4.74 Å². The molecule has 2 saturated heterocycles. The van der Waals surface area contributed by atoms with Crippen LogP contribution in [0.5, 0.6) is 0 Å². The van der Waals surface area contributed by atoms with Crippen molar-refractivity contribution in [1.29, 1.82) is 0 Å². The second kappa shape index (κ2) is 9.97. The van der Waals surface area contributed by atoms with Gasteiger partial charge in [0.25, 0.3) is 0 Å². The van der Waals surface area contributed by atoms with Crippen LogP contribution in [-0.2, 0) is 14.3 Å². The van der Waals surface area contributed by atoms with Gasteiger partial charge in [0, 0.05) is 39.1 Å². The largest absolute Gasteiger partial charge is 0.375 e. The number of nitrogens with one attached hydrogen (secondary N) is 2. The molecule has 1 atom stereocenters. The minimum absolute atomic E-state index is 0. The Morgan fingerprint density at radius 1 is 1.24 bits per heavy atom. The van der Waals surface area contributed by atoms with Gasteiger partial charge in [0.05, 0.1) is 19.1 Å². The zero-order valence-electron chi connectivity index (χ0n) is 12.4. The summed E-state index contributed by atoms with van der Waals surface area (Å²) in [5.41, 5.74) is 0. The van der Waals surface area contributed by atoms with Crippen LogP contribution in [0.2, 0.25) is 0 Å². The molecule has 2 aliphatic heterocycles. The molecule has 6 nitrogen and oxygen atoms in total. The number of halogens is 1. The highest BCUT2D eigenvalue weighted by Gasteiger charge is 2.18. The number of carbonyl (C=O) groups excluding carboxylic acids is 2. The molecular formula is C14H26ClN3O3. The van der Waals surface area contributed by atoms with Crippen molar-refractivity contribution in [3.05, 3.63) is 0 Å². The Morgan fingerprint density at radius 2 is 2.00 bits per heavy atom. The zero-order chi connectivity index (χ0) is 14.2. The molecule has 2 heterocycles. The molecule has 0 aliphatic carbocycles. The van der Waals surface area contributed by atoms with Gasteiger partial charge in [-0.2, -0.15) is 0 Å². The van der Waals surface area contributed by atoms with Gasteiger partial charge in [-0.15, -0.1) is 12.4 Å². The predicted molar refractivity (Wildman–Crippen MR) is 82.5 cm³/mol. The van der Waals surface area contributed by atoms with E-state index in [-0.39, 0.29) is 30.3 Å². The number of likely N-dealkylation sites (tertiary alicyclic amines) is 1. The van der Waals surface area contributed by atoms with Crippen LogP contribution in [-0.4, -0.2) is 62.1 Å². The SMILES string of the molecule is Cl.O=C(CC1CNCCO1)NCCC(=O)N1CCCCC1. The number of hydrogen-bond acceptors (Lipinski definition) is 4. The Balaban J connectivity index is 0.00000220. The van der Waals surface area contributed by atoms with Crippen LogP contribution in [0.15, 0.2) is 0 Å². The Labute approximate surface area is 132 Å². The number of amides is 2. The molecule has 122 valence electrons. The fourth-order valence-corrected chi connectivity index (χ4v) is 2.64. The maximum absolute atomic E-state index is 11.9. The highest BCUT2D eigenvalue weighted by Crippen LogP contribution is 2.09. The lowest BCUT2D eigenvalue weighted by Crippen LogP contribution is -2.42. The lowest BCUT2D eigenvalue weighted by atomic mass is 10.1. The number of rotatable bonds is 5. The summed E-state index contributed by atoms with van der Waals surface area (Å²) < 4.78 is 5.47. The highest BCUT2D eigenvalue weighted by molar-refractivity contribution is 5.85. The Kier molecular flexibility index (Phi) is 8.64. The number of nitrogens with zero attached hydrogens (tertiary/aromatic N) is 1. The second-order valence-corrected chi connectivity index (χ2v) is 5.44. The average molecular weight is 320 g/mol. The Morgan fingerprint density at radius 3 is 2.67 bits per heavy atom. The van der Waals surface area contributed by atoms with Crippen molar-refractivity contribution in [2.75, 3.05) is 39.3 Å². The van der Waals surface area contributed by atoms with Gasteiger partial charge in [-0.3, -0.25) is 9.59 Å². The molecule has 2 amide bonds. The molecule has 2 fully saturated rings. The van der Waals surface area contributed by atoms with Gasteiger partial charge in [0.2, 0.25) is 11.8 Å². The van der Waals surface area contributed by atoms with E-state index in [0.717, 1.165) is 39.0 Å². The summed E-state index contributed by atoms with van der Waals surface area (Å²) in [6, 6.07) is 0. The maximum Gasteiger partial charge on any atom is 0.224 e. The first kappa shape index (κ1) is 18.2. The molecule has 2 aliphatic rings. The van der Waals surface area contributed by atoms with Gasteiger partial charge in [-0.05, 0) is 19.3 Å². The maximum atomic E-state index is 11.9. The number of carbonyl (C=O) groups is 2. The van der Waals surface area contributed by atoms with Crippen molar-refractivity contribution in [3.8, 4) is 0 Å². The fraction of sp³-hybridized carbons (Fsp3) is 0.857. The van der Waals surface area contributed by atoms with Gasteiger partial charge in [-0.25, -0.2) is 0 Å². The standard InChI is InChI=1S/C14H25N3O3.ClH/c18-13(10-12-11-15-6-9-20-12)16-5-4-14(19)17-7-2-1-3-8-17;/h12,15H,1-11H2,(H,16,18);1H. The Bertz CT molecular complexity index is 329. The van der Waals surface area contributed by atoms with Gasteiger partial charge >= 0.3 is 0 Å². The summed E-state index contributed by atoms with van der Waals surface area (Å²) in [6.45, 7) is 4.39. The van der Waals surface area contributed by atoms with Crippen LogP contribution >= 0.6 is 12.4 Å². The first-order chi connectivity index (χ1) is 9.75. The van der Waals surface area contributed by atoms with Gasteiger partial charge in [-0.1, -0.05) is 0 Å². The summed E-state index contributed by atoms with van der Waals surface area (Å²) in [4.78, 5) is 25.5. The molecule has 7 heteroatoms. The van der Waals surface area contributed by atoms with Crippen molar-refractivity contribution < 1.29 is 14.3 Å². The molecule has 0 radical (unpaired) electrons. The van der Waals surface area contributed by atoms with Crippen molar-refractivity contribution in [2.45, 2.75) is 38.2 Å². The summed E-state index contributed by atoms with van der Waals surface area (Å²) in [5.74, 6) is 0.116. The van der Waals surface area contributed by atoms with E-state index >= 15 is 0 Å². The quantitative estimate of drug-likeness (QED) is 0.765. The monoisotopic (exact) mass is 319 g/mol. The topological polar surface area (TPSA) is 70.7 Å². The summed E-state index contributed by atoms with van der Waals surface area (Å²) in [7, 11) is 0. The summed E-state index contributed by atoms with van der Waals surface area (Å²) in [6.07, 6.45) is 4.14. The molecular weight excluding hydrogens is 294 g/mol. The number of piperidine rings is 1. The number of ether oxygens (including phenoxy) is 1. The van der Waals surface area contributed by atoms with Gasteiger partial charge < -0.3 is 20.3 Å². The third-order valence-corrected chi connectivity index (χ3v) is 3.79. The second-order valence-electron chi connectivity index (χ2n) is 5.44. The molecule has 0 aromatic heterocycles. The first-order valence-corrected chi connectivity index (χ1v) is 7.62. The van der Waals surface area contributed by atoms with Gasteiger partial charge in [0.15, 0.2) is 0 Å². The van der Waals surface area contributed by atoms with E-state index in [2.05, 4.69) is 10.6 Å². The predicted octanol–water partition coefficient (Wildman–Crippen LogP) is 0.305. The van der Waals surface area contributed by atoms with Crippen LogP contribution in [0.4, 0.5) is 0 Å². The van der Waals surface area contributed by atoms with Crippen LogP contribution < -0.4 is 10.6 Å². The number of hydrogen-bond donors (Lipinski definition) is 2. The van der Waals surface area contributed by atoms with Crippen LogP contribution in [0.3, 0.4) is 0 Å². The molecule has 2 N–H and O–H groups in total. The minimum Gasteiger partial charge on any atom is -0.375 e. The van der Waals surface area contributed by atoms with E-state index in [1.807, 2.05) is 4.90 Å². The summed E-state index contributed by atoms with van der Waals surface area (Å²) in [5, 5.41) is 6.00. The van der Waals surface area contributed by atoms with E-state index in [1.54, 1.807) is 0 Å². The lowest BCUT2D eigenvalue weighted by molar-refractivity contribution is -0.132. The van der Waals surface area contributed by atoms with Crippen LogP contribution in [0, 0.1) is 0 Å². The third-order valence-electron chi connectivity index (χ3n) is 3.79. The molecule has 0 bridgehead atoms. The van der Waals surface area contributed by atoms with Crippen molar-refractivity contribution in [2.24, 2.45) is 0 Å². The van der Waals surface area contributed by atoms with Crippen molar-refractivity contribution in [1.82, 2.24) is 15.5 Å². The molecule has 21 heavy (non-hydrogen) atoms.